The fraction of sp³-hybridized carbons (Fsp3) is 0.176. The first kappa shape index (κ1) is 15.9. The van der Waals surface area contributed by atoms with Gasteiger partial charge in [-0.2, -0.15) is 0 Å². The number of nitrogens with zero attached hydrogens (tertiary/aromatic N) is 1. The molecule has 4 nitrogen and oxygen atoms in total. The Morgan fingerprint density at radius 1 is 1.22 bits per heavy atom. The number of fused-ring (bicyclic) bond motifs is 1. The molecule has 0 unspecified atom stereocenters. The number of pyridine rings is 1. The molecule has 0 aliphatic rings. The zero-order chi connectivity index (χ0) is 16.2. The van der Waals surface area contributed by atoms with Crippen molar-refractivity contribution >= 4 is 39.8 Å². The average Bonchev–Trinajstić information content (AvgIpc) is 3.00. The number of carbonyl (C=O) groups is 1. The second-order valence-corrected chi connectivity index (χ2v) is 6.52. The molecular formula is C17H14ClNO3S. The summed E-state index contributed by atoms with van der Waals surface area (Å²) in [5.41, 5.74) is 1.94. The fourth-order valence-electron chi connectivity index (χ4n) is 2.22. The van der Waals surface area contributed by atoms with E-state index in [1.165, 1.54) is 11.3 Å². The van der Waals surface area contributed by atoms with Crippen LogP contribution in [0.2, 0.25) is 4.34 Å². The van der Waals surface area contributed by atoms with E-state index in [0.29, 0.717) is 22.2 Å². The Morgan fingerprint density at radius 3 is 2.78 bits per heavy atom. The smallest absolute Gasteiger partial charge is 0.338 e. The molecule has 0 amide bonds. The molecule has 0 radical (unpaired) electrons. The van der Waals surface area contributed by atoms with Gasteiger partial charge in [0.25, 0.3) is 0 Å². The van der Waals surface area contributed by atoms with Crippen LogP contribution in [-0.2, 0) is 9.47 Å². The number of hydrogen-bond donors (Lipinski definition) is 0. The summed E-state index contributed by atoms with van der Waals surface area (Å²) in [6.07, 6.45) is 0. The first-order chi connectivity index (χ1) is 11.2. The van der Waals surface area contributed by atoms with Gasteiger partial charge in [0.2, 0.25) is 0 Å². The second-order valence-electron chi connectivity index (χ2n) is 4.80. The molecular weight excluding hydrogens is 334 g/mol. The molecule has 23 heavy (non-hydrogen) atoms. The molecule has 0 fully saturated rings. The van der Waals surface area contributed by atoms with Crippen molar-refractivity contribution in [2.24, 2.45) is 0 Å². The highest BCUT2D eigenvalue weighted by molar-refractivity contribution is 7.19. The summed E-state index contributed by atoms with van der Waals surface area (Å²) < 4.78 is 10.8. The van der Waals surface area contributed by atoms with E-state index in [1.54, 1.807) is 13.2 Å². The van der Waals surface area contributed by atoms with E-state index in [9.17, 15) is 4.79 Å². The number of hydrogen-bond acceptors (Lipinski definition) is 5. The Morgan fingerprint density at radius 2 is 2.04 bits per heavy atom. The monoisotopic (exact) mass is 347 g/mol. The number of carbonyl (C=O) groups excluding carboxylic acids is 1. The Kier molecular flexibility index (Phi) is 4.91. The van der Waals surface area contributed by atoms with E-state index < -0.39 is 0 Å². The third-order valence-electron chi connectivity index (χ3n) is 3.28. The number of aromatic nitrogens is 1. The molecule has 0 aliphatic heterocycles. The van der Waals surface area contributed by atoms with Crippen LogP contribution in [0.15, 0.2) is 42.5 Å². The highest BCUT2D eigenvalue weighted by Crippen LogP contribution is 2.32. The van der Waals surface area contributed by atoms with Crippen LogP contribution in [-0.4, -0.2) is 31.3 Å². The fourth-order valence-corrected chi connectivity index (χ4v) is 3.22. The van der Waals surface area contributed by atoms with Crippen LogP contribution in [0.3, 0.4) is 0 Å². The van der Waals surface area contributed by atoms with Gasteiger partial charge in [-0.1, -0.05) is 29.8 Å². The molecule has 0 saturated carbocycles. The number of halogens is 1. The molecule has 1 aromatic carbocycles. The lowest BCUT2D eigenvalue weighted by molar-refractivity contribution is 0.0390. The SMILES string of the molecule is COCCOC(=O)c1cc(-c2ccc(Cl)s2)nc2ccccc12. The maximum Gasteiger partial charge on any atom is 0.338 e. The highest BCUT2D eigenvalue weighted by Gasteiger charge is 2.15. The van der Waals surface area contributed by atoms with Crippen molar-refractivity contribution in [3.8, 4) is 10.6 Å². The van der Waals surface area contributed by atoms with Gasteiger partial charge in [-0.25, -0.2) is 9.78 Å². The van der Waals surface area contributed by atoms with Crippen molar-refractivity contribution in [2.75, 3.05) is 20.3 Å². The lowest BCUT2D eigenvalue weighted by Gasteiger charge is -2.09. The predicted molar refractivity (Wildman–Crippen MR) is 92.2 cm³/mol. The zero-order valence-corrected chi connectivity index (χ0v) is 14.0. The molecule has 0 spiro atoms. The molecule has 118 valence electrons. The summed E-state index contributed by atoms with van der Waals surface area (Å²) in [5, 5.41) is 0.765. The van der Waals surface area contributed by atoms with Crippen molar-refractivity contribution < 1.29 is 14.3 Å². The Bertz CT molecular complexity index is 847. The summed E-state index contributed by atoms with van der Waals surface area (Å²) >= 11 is 7.42. The zero-order valence-electron chi connectivity index (χ0n) is 12.4. The Labute approximate surface area is 142 Å². The maximum atomic E-state index is 12.4. The number of benzene rings is 1. The van der Waals surface area contributed by atoms with Gasteiger partial charge in [0.15, 0.2) is 0 Å². The topological polar surface area (TPSA) is 48.4 Å². The minimum atomic E-state index is -0.385. The Hall–Kier alpha value is -1.95. The van der Waals surface area contributed by atoms with Crippen molar-refractivity contribution in [3.63, 3.8) is 0 Å². The minimum Gasteiger partial charge on any atom is -0.460 e. The summed E-state index contributed by atoms with van der Waals surface area (Å²) in [6, 6.07) is 13.0. The first-order valence-electron chi connectivity index (χ1n) is 7.00. The van der Waals surface area contributed by atoms with Crippen LogP contribution in [0, 0.1) is 0 Å². The number of para-hydroxylation sites is 1. The number of methoxy groups -OCH3 is 1. The first-order valence-corrected chi connectivity index (χ1v) is 8.20. The molecule has 2 heterocycles. The molecule has 0 saturated heterocycles. The summed E-state index contributed by atoms with van der Waals surface area (Å²) in [5.74, 6) is -0.385. The van der Waals surface area contributed by atoms with E-state index >= 15 is 0 Å². The molecule has 0 bridgehead atoms. The van der Waals surface area contributed by atoms with Crippen LogP contribution in [0.25, 0.3) is 21.5 Å². The van der Waals surface area contributed by atoms with Crippen LogP contribution in [0.1, 0.15) is 10.4 Å². The second kappa shape index (κ2) is 7.08. The quantitative estimate of drug-likeness (QED) is 0.506. The molecule has 2 aromatic heterocycles. The number of thiophene rings is 1. The van der Waals surface area contributed by atoms with Crippen LogP contribution in [0.5, 0.6) is 0 Å². The van der Waals surface area contributed by atoms with Gasteiger partial charge >= 0.3 is 5.97 Å². The number of rotatable bonds is 5. The van der Waals surface area contributed by atoms with Gasteiger partial charge in [-0.3, -0.25) is 0 Å². The van der Waals surface area contributed by atoms with Crippen molar-refractivity contribution in [2.45, 2.75) is 0 Å². The predicted octanol–water partition coefficient (Wildman–Crippen LogP) is 4.42. The maximum absolute atomic E-state index is 12.4. The van der Waals surface area contributed by atoms with E-state index in [4.69, 9.17) is 21.1 Å². The van der Waals surface area contributed by atoms with Crippen LogP contribution in [0.4, 0.5) is 0 Å². The average molecular weight is 348 g/mol. The van der Waals surface area contributed by atoms with Crippen LogP contribution >= 0.6 is 22.9 Å². The van der Waals surface area contributed by atoms with E-state index in [0.717, 1.165) is 15.8 Å². The van der Waals surface area contributed by atoms with Crippen LogP contribution < -0.4 is 0 Å². The number of esters is 1. The van der Waals surface area contributed by atoms with Crippen molar-refractivity contribution in [1.82, 2.24) is 4.98 Å². The molecule has 0 aliphatic carbocycles. The Balaban J connectivity index is 2.05. The standard InChI is InChI=1S/C17H14ClNO3S/c1-21-8-9-22-17(20)12-10-14(15-6-7-16(18)23-15)19-13-5-3-2-4-11(12)13/h2-7,10H,8-9H2,1H3. The van der Waals surface area contributed by atoms with Gasteiger partial charge in [-0.15, -0.1) is 11.3 Å². The van der Waals surface area contributed by atoms with Gasteiger partial charge < -0.3 is 9.47 Å². The largest absolute Gasteiger partial charge is 0.460 e. The lowest BCUT2D eigenvalue weighted by atomic mass is 10.1. The molecule has 6 heteroatoms. The summed E-state index contributed by atoms with van der Waals surface area (Å²) in [4.78, 5) is 17.9. The minimum absolute atomic E-state index is 0.214. The highest BCUT2D eigenvalue weighted by atomic mass is 35.5. The molecule has 0 atom stereocenters. The summed E-state index contributed by atoms with van der Waals surface area (Å²) in [6.45, 7) is 0.578. The van der Waals surface area contributed by atoms with Crippen molar-refractivity contribution in [1.29, 1.82) is 0 Å². The van der Waals surface area contributed by atoms with Gasteiger partial charge in [-0.05, 0) is 24.3 Å². The normalized spacial score (nSPS) is 10.9. The van der Waals surface area contributed by atoms with E-state index in [2.05, 4.69) is 4.98 Å². The third kappa shape index (κ3) is 3.52. The van der Waals surface area contributed by atoms with Crippen molar-refractivity contribution in [3.05, 3.63) is 52.4 Å². The molecule has 0 N–H and O–H groups in total. The summed E-state index contributed by atoms with van der Waals surface area (Å²) in [7, 11) is 1.56. The van der Waals surface area contributed by atoms with Gasteiger partial charge in [0.05, 0.1) is 32.6 Å². The van der Waals surface area contributed by atoms with E-state index in [-0.39, 0.29) is 12.6 Å². The molecule has 3 aromatic rings. The third-order valence-corrected chi connectivity index (χ3v) is 4.54. The number of ether oxygens (including phenoxy) is 2. The molecule has 3 rings (SSSR count). The van der Waals surface area contributed by atoms with E-state index in [1.807, 2.05) is 36.4 Å². The van der Waals surface area contributed by atoms with Gasteiger partial charge in [0.1, 0.15) is 6.61 Å². The lowest BCUT2D eigenvalue weighted by Crippen LogP contribution is -2.11. The van der Waals surface area contributed by atoms with Gasteiger partial charge in [0, 0.05) is 12.5 Å².